The highest BCUT2D eigenvalue weighted by molar-refractivity contribution is 9.10. The quantitative estimate of drug-likeness (QED) is 0.888. The number of hydrogen-bond acceptors (Lipinski definition) is 4. The summed E-state index contributed by atoms with van der Waals surface area (Å²) >= 11 is 3.40. The van der Waals surface area contributed by atoms with E-state index in [0.717, 1.165) is 28.8 Å². The molecule has 1 aromatic heterocycles. The van der Waals surface area contributed by atoms with E-state index in [-0.39, 0.29) is 0 Å². The largest absolute Gasteiger partial charge is 0.472 e. The number of benzene rings is 1. The minimum Gasteiger partial charge on any atom is -0.472 e. The maximum absolute atomic E-state index is 5.58. The number of ether oxygens (including phenoxy) is 1. The van der Waals surface area contributed by atoms with E-state index in [0.29, 0.717) is 12.5 Å². The minimum absolute atomic E-state index is 0.495. The van der Waals surface area contributed by atoms with Crippen molar-refractivity contribution in [3.05, 3.63) is 52.4 Å². The summed E-state index contributed by atoms with van der Waals surface area (Å²) in [5, 5.41) is 3.20. The highest BCUT2D eigenvalue weighted by Crippen LogP contribution is 2.12. The molecule has 0 saturated heterocycles. The second kappa shape index (κ2) is 7.21. The molecule has 5 heteroatoms. The number of aromatic nitrogens is 2. The van der Waals surface area contributed by atoms with Crippen LogP contribution in [0.15, 0.2) is 41.1 Å². The summed E-state index contributed by atoms with van der Waals surface area (Å²) in [6, 6.07) is 8.00. The van der Waals surface area contributed by atoms with Crippen LogP contribution in [0.4, 0.5) is 0 Å². The molecule has 1 aromatic carbocycles. The van der Waals surface area contributed by atoms with Gasteiger partial charge in [-0.2, -0.15) is 0 Å². The Morgan fingerprint density at radius 2 is 1.95 bits per heavy atom. The van der Waals surface area contributed by atoms with Crippen molar-refractivity contribution < 1.29 is 4.74 Å². The van der Waals surface area contributed by atoms with Gasteiger partial charge in [0.25, 0.3) is 0 Å². The van der Waals surface area contributed by atoms with Crippen molar-refractivity contribution in [1.29, 1.82) is 0 Å². The summed E-state index contributed by atoms with van der Waals surface area (Å²) in [4.78, 5) is 8.52. The predicted octanol–water partition coefficient (Wildman–Crippen LogP) is 2.93. The smallest absolute Gasteiger partial charge is 0.232 e. The second-order valence-electron chi connectivity index (χ2n) is 4.04. The highest BCUT2D eigenvalue weighted by atomic mass is 79.9. The first-order valence-electron chi connectivity index (χ1n) is 6.17. The summed E-state index contributed by atoms with van der Waals surface area (Å²) in [6.07, 6.45) is 3.39. The SMILES string of the molecule is CCNCc1cnc(OCc2ccc(Br)cc2)cn1. The summed E-state index contributed by atoms with van der Waals surface area (Å²) in [6.45, 7) is 4.21. The molecule has 0 atom stereocenters. The van der Waals surface area contributed by atoms with Crippen LogP contribution in [-0.2, 0) is 13.2 Å². The van der Waals surface area contributed by atoms with E-state index in [1.165, 1.54) is 0 Å². The third-order valence-electron chi connectivity index (χ3n) is 2.54. The highest BCUT2D eigenvalue weighted by Gasteiger charge is 1.99. The zero-order chi connectivity index (χ0) is 13.5. The van der Waals surface area contributed by atoms with Crippen LogP contribution in [0.25, 0.3) is 0 Å². The van der Waals surface area contributed by atoms with Crippen molar-refractivity contribution in [2.75, 3.05) is 6.54 Å². The van der Waals surface area contributed by atoms with Crippen molar-refractivity contribution in [3.63, 3.8) is 0 Å². The van der Waals surface area contributed by atoms with Crippen LogP contribution < -0.4 is 10.1 Å². The molecule has 0 radical (unpaired) electrons. The van der Waals surface area contributed by atoms with Crippen molar-refractivity contribution in [2.24, 2.45) is 0 Å². The van der Waals surface area contributed by atoms with Gasteiger partial charge in [-0.05, 0) is 24.2 Å². The molecule has 0 fully saturated rings. The predicted molar refractivity (Wildman–Crippen MR) is 77.9 cm³/mol. The van der Waals surface area contributed by atoms with E-state index >= 15 is 0 Å². The maximum Gasteiger partial charge on any atom is 0.232 e. The Hall–Kier alpha value is -1.46. The lowest BCUT2D eigenvalue weighted by Crippen LogP contribution is -2.13. The minimum atomic E-state index is 0.495. The molecule has 2 aromatic rings. The van der Waals surface area contributed by atoms with Gasteiger partial charge in [0.05, 0.1) is 18.1 Å². The summed E-state index contributed by atoms with van der Waals surface area (Å²) < 4.78 is 6.64. The number of nitrogens with zero attached hydrogens (tertiary/aromatic N) is 2. The average Bonchev–Trinajstić information content (AvgIpc) is 2.46. The standard InChI is InChI=1S/C14H16BrN3O/c1-2-16-7-13-8-18-14(9-17-13)19-10-11-3-5-12(15)6-4-11/h3-6,8-9,16H,2,7,10H2,1H3. The molecular formula is C14H16BrN3O. The van der Waals surface area contributed by atoms with Crippen molar-refractivity contribution in [1.82, 2.24) is 15.3 Å². The fraction of sp³-hybridized carbons (Fsp3) is 0.286. The first-order valence-corrected chi connectivity index (χ1v) is 6.96. The van der Waals surface area contributed by atoms with E-state index in [9.17, 15) is 0 Å². The van der Waals surface area contributed by atoms with E-state index in [2.05, 4.69) is 38.1 Å². The van der Waals surface area contributed by atoms with Gasteiger partial charge in [-0.25, -0.2) is 4.98 Å². The topological polar surface area (TPSA) is 47.0 Å². The number of nitrogens with one attached hydrogen (secondary N) is 1. The molecule has 2 rings (SSSR count). The third kappa shape index (κ3) is 4.61. The number of rotatable bonds is 6. The van der Waals surface area contributed by atoms with Crippen LogP contribution in [-0.4, -0.2) is 16.5 Å². The average molecular weight is 322 g/mol. The normalized spacial score (nSPS) is 10.4. The molecule has 0 aliphatic heterocycles. The van der Waals surface area contributed by atoms with Gasteiger partial charge in [0.2, 0.25) is 5.88 Å². The summed E-state index contributed by atoms with van der Waals surface area (Å²) in [5.41, 5.74) is 2.01. The van der Waals surface area contributed by atoms with Gasteiger partial charge in [0, 0.05) is 11.0 Å². The van der Waals surface area contributed by atoms with Crippen LogP contribution in [0.3, 0.4) is 0 Å². The molecular weight excluding hydrogens is 306 g/mol. The second-order valence-corrected chi connectivity index (χ2v) is 4.96. The Bertz CT molecular complexity index is 499. The Morgan fingerprint density at radius 1 is 1.16 bits per heavy atom. The molecule has 4 nitrogen and oxygen atoms in total. The molecule has 0 aliphatic carbocycles. The van der Waals surface area contributed by atoms with Gasteiger partial charge >= 0.3 is 0 Å². The lowest BCUT2D eigenvalue weighted by molar-refractivity contribution is 0.292. The van der Waals surface area contributed by atoms with E-state index in [1.54, 1.807) is 12.4 Å². The summed E-state index contributed by atoms with van der Waals surface area (Å²) in [7, 11) is 0. The Kier molecular flexibility index (Phi) is 5.30. The van der Waals surface area contributed by atoms with Crippen LogP contribution in [0.1, 0.15) is 18.2 Å². The van der Waals surface area contributed by atoms with Gasteiger partial charge in [-0.3, -0.25) is 4.98 Å². The van der Waals surface area contributed by atoms with Crippen LogP contribution >= 0.6 is 15.9 Å². The Labute approximate surface area is 121 Å². The lowest BCUT2D eigenvalue weighted by atomic mass is 10.2. The molecule has 0 unspecified atom stereocenters. The summed E-state index contributed by atoms with van der Waals surface area (Å²) in [5.74, 6) is 0.545. The van der Waals surface area contributed by atoms with E-state index in [1.807, 2.05) is 24.3 Å². The first-order chi connectivity index (χ1) is 9.28. The molecule has 1 N–H and O–H groups in total. The van der Waals surface area contributed by atoms with Gasteiger partial charge < -0.3 is 10.1 Å². The zero-order valence-electron chi connectivity index (χ0n) is 10.8. The molecule has 0 aliphatic rings. The van der Waals surface area contributed by atoms with Gasteiger partial charge in [0.15, 0.2) is 0 Å². The van der Waals surface area contributed by atoms with Gasteiger partial charge in [-0.1, -0.05) is 35.0 Å². The van der Waals surface area contributed by atoms with Crippen LogP contribution in [0.2, 0.25) is 0 Å². The fourth-order valence-electron chi connectivity index (χ4n) is 1.50. The maximum atomic E-state index is 5.58. The third-order valence-corrected chi connectivity index (χ3v) is 3.07. The number of hydrogen-bond donors (Lipinski definition) is 1. The lowest BCUT2D eigenvalue weighted by Gasteiger charge is -2.06. The molecule has 100 valence electrons. The molecule has 0 saturated carbocycles. The molecule has 1 heterocycles. The van der Waals surface area contributed by atoms with Crippen LogP contribution in [0.5, 0.6) is 5.88 Å². The first kappa shape index (κ1) is 14.0. The van der Waals surface area contributed by atoms with Crippen molar-refractivity contribution in [3.8, 4) is 5.88 Å². The van der Waals surface area contributed by atoms with E-state index < -0.39 is 0 Å². The molecule has 0 spiro atoms. The van der Waals surface area contributed by atoms with Crippen molar-refractivity contribution >= 4 is 15.9 Å². The zero-order valence-corrected chi connectivity index (χ0v) is 12.4. The number of halogens is 1. The fourth-order valence-corrected chi connectivity index (χ4v) is 1.76. The molecule has 0 bridgehead atoms. The van der Waals surface area contributed by atoms with Crippen molar-refractivity contribution in [2.45, 2.75) is 20.1 Å². The van der Waals surface area contributed by atoms with Gasteiger partial charge in [-0.15, -0.1) is 0 Å². The molecule has 0 amide bonds. The Morgan fingerprint density at radius 3 is 2.58 bits per heavy atom. The van der Waals surface area contributed by atoms with Gasteiger partial charge in [0.1, 0.15) is 6.61 Å². The van der Waals surface area contributed by atoms with Crippen LogP contribution in [0, 0.1) is 0 Å². The Balaban J connectivity index is 1.87. The monoisotopic (exact) mass is 321 g/mol. The van der Waals surface area contributed by atoms with E-state index in [4.69, 9.17) is 4.74 Å². The molecule has 19 heavy (non-hydrogen) atoms.